The van der Waals surface area contributed by atoms with Gasteiger partial charge < -0.3 is 0 Å². The van der Waals surface area contributed by atoms with E-state index in [4.69, 9.17) is 10.5 Å². The van der Waals surface area contributed by atoms with Crippen LogP contribution in [0.2, 0.25) is 0 Å². The highest BCUT2D eigenvalue weighted by atomic mass is 16.8. The van der Waals surface area contributed by atoms with Crippen molar-refractivity contribution in [2.24, 2.45) is 0 Å². The zero-order chi connectivity index (χ0) is 5.86. The van der Waals surface area contributed by atoms with Crippen molar-refractivity contribution >= 4 is 0 Å². The predicted molar refractivity (Wildman–Crippen MR) is 16.2 cm³/mol. The van der Waals surface area contributed by atoms with E-state index in [9.17, 15) is 10.1 Å². The summed E-state index contributed by atoms with van der Waals surface area (Å²) in [5, 5.41) is 22.5. The third kappa shape index (κ3) is 1.51. The molecule has 0 aromatic carbocycles. The molecular formula is CHN3O3. The molecule has 38 valence electrons. The SMILES string of the molecule is N#CN(O)[N+](=O)[O-]. The van der Waals surface area contributed by atoms with Gasteiger partial charge in [0.1, 0.15) is 5.17 Å². The minimum atomic E-state index is -1.25. The fourth-order valence-corrected chi connectivity index (χ4v) is 0.0365. The van der Waals surface area contributed by atoms with Crippen molar-refractivity contribution in [1.29, 1.82) is 5.26 Å². The number of hydroxylamine groups is 1. The number of nitriles is 1. The summed E-state index contributed by atoms with van der Waals surface area (Å²) < 4.78 is 0. The largest absolute Gasteiger partial charge is 0.279 e. The maximum absolute atomic E-state index is 9.19. The normalized spacial score (nSPS) is 6.86. The van der Waals surface area contributed by atoms with Gasteiger partial charge >= 0.3 is 0 Å². The standard InChI is InChI=1S/CHN3O3/c2-1-3(5)4(6)7/h5H. The first-order valence-corrected chi connectivity index (χ1v) is 1.21. The van der Waals surface area contributed by atoms with Gasteiger partial charge in [-0.05, 0) is 0 Å². The summed E-state index contributed by atoms with van der Waals surface area (Å²) in [5.41, 5.74) is 0. The van der Waals surface area contributed by atoms with E-state index < -0.39 is 10.2 Å². The molecule has 0 fully saturated rings. The highest BCUT2D eigenvalue weighted by molar-refractivity contribution is 4.50. The van der Waals surface area contributed by atoms with E-state index in [2.05, 4.69) is 0 Å². The number of hydrogen-bond donors (Lipinski definition) is 1. The monoisotopic (exact) mass is 103 g/mol. The molecule has 0 radical (unpaired) electrons. The molecule has 0 saturated carbocycles. The quantitative estimate of drug-likeness (QED) is 0.206. The average molecular weight is 103 g/mol. The van der Waals surface area contributed by atoms with Gasteiger partial charge in [0.05, 0.1) is 0 Å². The molecule has 0 rings (SSSR count). The van der Waals surface area contributed by atoms with E-state index >= 15 is 0 Å². The molecule has 0 aliphatic rings. The minimum absolute atomic E-state index is 0.681. The van der Waals surface area contributed by atoms with E-state index in [-0.39, 0.29) is 0 Å². The van der Waals surface area contributed by atoms with Gasteiger partial charge in [-0.25, -0.2) is 15.3 Å². The van der Waals surface area contributed by atoms with Crippen LogP contribution in [0.4, 0.5) is 0 Å². The maximum Gasteiger partial charge on any atom is 0.279 e. The summed E-state index contributed by atoms with van der Waals surface area (Å²) >= 11 is 0. The lowest BCUT2D eigenvalue weighted by Gasteiger charge is -1.87. The molecule has 0 aromatic rings. The Labute approximate surface area is 38.3 Å². The van der Waals surface area contributed by atoms with Crippen molar-refractivity contribution in [1.82, 2.24) is 5.17 Å². The molecule has 0 amide bonds. The summed E-state index contributed by atoms with van der Waals surface area (Å²) in [6, 6.07) is 0. The van der Waals surface area contributed by atoms with Gasteiger partial charge in [0.25, 0.3) is 6.19 Å². The van der Waals surface area contributed by atoms with E-state index in [1.807, 2.05) is 0 Å². The van der Waals surface area contributed by atoms with E-state index in [1.165, 1.54) is 0 Å². The zero-order valence-electron chi connectivity index (χ0n) is 3.11. The summed E-state index contributed by atoms with van der Waals surface area (Å²) in [4.78, 5) is 9.19. The highest BCUT2D eigenvalue weighted by Gasteiger charge is 2.04. The van der Waals surface area contributed by atoms with E-state index in [0.717, 1.165) is 6.19 Å². The number of hydrazine groups is 1. The summed E-state index contributed by atoms with van der Waals surface area (Å²) in [6.45, 7) is 0. The van der Waals surface area contributed by atoms with Crippen molar-refractivity contribution in [2.75, 3.05) is 0 Å². The lowest BCUT2D eigenvalue weighted by Crippen LogP contribution is -2.19. The first kappa shape index (κ1) is 5.65. The van der Waals surface area contributed by atoms with Crippen LogP contribution in [0.1, 0.15) is 0 Å². The third-order valence-corrected chi connectivity index (χ3v) is 0.244. The Bertz CT molecular complexity index is 114. The molecule has 0 aliphatic heterocycles. The Morgan fingerprint density at radius 3 is 2.43 bits per heavy atom. The zero-order valence-corrected chi connectivity index (χ0v) is 3.11. The molecule has 6 nitrogen and oxygen atoms in total. The number of nitro groups is 1. The molecule has 7 heavy (non-hydrogen) atoms. The van der Waals surface area contributed by atoms with Crippen LogP contribution in [0, 0.1) is 21.6 Å². The van der Waals surface area contributed by atoms with Crippen LogP contribution < -0.4 is 0 Å². The Kier molecular flexibility index (Phi) is 1.57. The Balaban J connectivity index is 3.63. The van der Waals surface area contributed by atoms with Crippen molar-refractivity contribution in [2.45, 2.75) is 0 Å². The highest BCUT2D eigenvalue weighted by Crippen LogP contribution is 1.71. The fourth-order valence-electron chi connectivity index (χ4n) is 0.0365. The Hall–Kier alpha value is -1.35. The number of rotatable bonds is 1. The van der Waals surface area contributed by atoms with Crippen LogP contribution in [-0.4, -0.2) is 15.4 Å². The molecule has 0 atom stereocenters. The lowest BCUT2D eigenvalue weighted by atomic mass is 11.4. The summed E-state index contributed by atoms with van der Waals surface area (Å²) in [6.07, 6.45) is 0.854. The number of nitrogens with zero attached hydrogens (tertiary/aromatic N) is 3. The van der Waals surface area contributed by atoms with Crippen molar-refractivity contribution in [3.63, 3.8) is 0 Å². The Morgan fingerprint density at radius 1 is 2.00 bits per heavy atom. The van der Waals surface area contributed by atoms with Crippen LogP contribution >= 0.6 is 0 Å². The molecule has 0 bridgehead atoms. The number of hydrogen-bond acceptors (Lipinski definition) is 4. The van der Waals surface area contributed by atoms with E-state index in [1.54, 1.807) is 0 Å². The van der Waals surface area contributed by atoms with Crippen LogP contribution in [-0.2, 0) is 0 Å². The average Bonchev–Trinajstić information content (AvgIpc) is 1.65. The van der Waals surface area contributed by atoms with Gasteiger partial charge in [0.15, 0.2) is 0 Å². The van der Waals surface area contributed by atoms with Gasteiger partial charge in [-0.1, -0.05) is 0 Å². The van der Waals surface area contributed by atoms with Crippen LogP contribution in [0.5, 0.6) is 0 Å². The first-order valence-electron chi connectivity index (χ1n) is 1.21. The molecule has 0 unspecified atom stereocenters. The molecule has 0 saturated heterocycles. The van der Waals surface area contributed by atoms with Gasteiger partial charge in [0, 0.05) is 0 Å². The molecular weight excluding hydrogens is 102 g/mol. The summed E-state index contributed by atoms with van der Waals surface area (Å²) in [7, 11) is 0. The van der Waals surface area contributed by atoms with Gasteiger partial charge in [-0.3, -0.25) is 0 Å². The fraction of sp³-hybridized carbons (Fsp3) is 0. The first-order chi connectivity index (χ1) is 3.18. The molecule has 0 heterocycles. The van der Waals surface area contributed by atoms with Crippen molar-refractivity contribution in [3.05, 3.63) is 10.1 Å². The predicted octanol–water partition coefficient (Wildman–Crippen LogP) is -0.650. The van der Waals surface area contributed by atoms with Crippen LogP contribution in [0.15, 0.2) is 0 Å². The molecule has 0 aliphatic carbocycles. The minimum Gasteiger partial charge on any atom is -0.232 e. The molecule has 0 spiro atoms. The second-order valence-electron chi connectivity index (χ2n) is 0.627. The van der Waals surface area contributed by atoms with Gasteiger partial charge in [0.2, 0.25) is 5.03 Å². The second-order valence-corrected chi connectivity index (χ2v) is 0.627. The third-order valence-electron chi connectivity index (χ3n) is 0.244. The Morgan fingerprint density at radius 2 is 2.43 bits per heavy atom. The van der Waals surface area contributed by atoms with Gasteiger partial charge in [-0.2, -0.15) is 5.26 Å². The summed E-state index contributed by atoms with van der Waals surface area (Å²) in [5.74, 6) is 0. The van der Waals surface area contributed by atoms with E-state index in [0.29, 0.717) is 0 Å². The van der Waals surface area contributed by atoms with Gasteiger partial charge in [-0.15, -0.1) is 0 Å². The molecule has 1 N–H and O–H groups in total. The molecule has 0 aromatic heterocycles. The maximum atomic E-state index is 9.19. The topological polar surface area (TPSA) is 90.4 Å². The second kappa shape index (κ2) is 1.94. The smallest absolute Gasteiger partial charge is 0.232 e. The van der Waals surface area contributed by atoms with Crippen molar-refractivity contribution < 1.29 is 10.2 Å². The lowest BCUT2D eigenvalue weighted by molar-refractivity contribution is -0.706. The van der Waals surface area contributed by atoms with Crippen molar-refractivity contribution in [3.8, 4) is 6.19 Å². The molecule has 6 heteroatoms. The van der Waals surface area contributed by atoms with Crippen LogP contribution in [0.25, 0.3) is 0 Å². The van der Waals surface area contributed by atoms with Crippen LogP contribution in [0.3, 0.4) is 0 Å².